The summed E-state index contributed by atoms with van der Waals surface area (Å²) < 4.78 is 5.17. The Morgan fingerprint density at radius 2 is 2.17 bits per heavy atom. The molecule has 1 aromatic carbocycles. The highest BCUT2D eigenvalue weighted by molar-refractivity contribution is 8.15. The smallest absolute Gasteiger partial charge is 0.338 e. The summed E-state index contributed by atoms with van der Waals surface area (Å²) in [4.78, 5) is 30.8. The van der Waals surface area contributed by atoms with Crippen LogP contribution in [0.1, 0.15) is 25.5 Å². The van der Waals surface area contributed by atoms with Gasteiger partial charge in [0.05, 0.1) is 39.7 Å². The minimum absolute atomic E-state index is 0.107. The number of benzene rings is 1. The van der Waals surface area contributed by atoms with Gasteiger partial charge in [-0.25, -0.2) is 9.79 Å². The van der Waals surface area contributed by atoms with Gasteiger partial charge in [-0.2, -0.15) is 0 Å². The molecule has 0 aromatic heterocycles. The van der Waals surface area contributed by atoms with E-state index >= 15 is 0 Å². The normalized spacial score (nSPS) is 20.2. The number of hydrogen-bond donors (Lipinski definition) is 0. The number of allylic oxidation sites excluding steroid dienone is 1. The Labute approximate surface area is 153 Å². The van der Waals surface area contributed by atoms with E-state index in [4.69, 9.17) is 27.9 Å². The molecule has 126 valence electrons. The van der Waals surface area contributed by atoms with E-state index in [2.05, 4.69) is 4.99 Å². The average molecular weight is 385 g/mol. The molecule has 8 heteroatoms. The molecule has 1 fully saturated rings. The molecule has 2 aliphatic rings. The van der Waals surface area contributed by atoms with Crippen LogP contribution in [0.3, 0.4) is 0 Å². The molecule has 0 radical (unpaired) electrons. The number of amides is 1. The Kier molecular flexibility index (Phi) is 4.90. The molecule has 0 saturated carbocycles. The number of halogens is 2. The van der Waals surface area contributed by atoms with Crippen LogP contribution in [-0.4, -0.2) is 34.3 Å². The van der Waals surface area contributed by atoms with Crippen molar-refractivity contribution in [3.63, 3.8) is 0 Å². The van der Waals surface area contributed by atoms with Crippen LogP contribution >= 0.6 is 35.0 Å². The summed E-state index contributed by atoms with van der Waals surface area (Å²) >= 11 is 13.5. The molecule has 24 heavy (non-hydrogen) atoms. The third-order valence-electron chi connectivity index (χ3n) is 3.74. The number of carbonyl (C=O) groups is 2. The number of esters is 1. The third-order valence-corrected chi connectivity index (χ3v) is 5.42. The lowest BCUT2D eigenvalue weighted by atomic mass is 9.94. The lowest BCUT2D eigenvalue weighted by molar-refractivity contribution is -0.139. The summed E-state index contributed by atoms with van der Waals surface area (Å²) in [5, 5.41) is 1.35. The topological polar surface area (TPSA) is 59.0 Å². The Morgan fingerprint density at radius 3 is 2.83 bits per heavy atom. The van der Waals surface area contributed by atoms with Gasteiger partial charge in [-0.3, -0.25) is 9.69 Å². The number of fused-ring (bicyclic) bond motifs is 1. The molecule has 3 rings (SSSR count). The van der Waals surface area contributed by atoms with Gasteiger partial charge < -0.3 is 4.74 Å². The summed E-state index contributed by atoms with van der Waals surface area (Å²) in [5.74, 6) is -0.303. The van der Waals surface area contributed by atoms with E-state index in [-0.39, 0.29) is 12.5 Å². The van der Waals surface area contributed by atoms with Crippen LogP contribution in [-0.2, 0) is 14.3 Å². The predicted molar refractivity (Wildman–Crippen MR) is 95.3 cm³/mol. The number of nitrogens with zero attached hydrogens (tertiary/aromatic N) is 2. The standard InChI is InChI=1S/C16H14Cl2N2O3S/c1-3-23-15(22)13-8(2)19-16-20(12(21)7-24-16)14(13)9-4-5-10(17)11(18)6-9/h4-6,14H,3,7H2,1-2H3. The van der Waals surface area contributed by atoms with E-state index in [9.17, 15) is 9.59 Å². The van der Waals surface area contributed by atoms with Crippen molar-refractivity contribution in [2.75, 3.05) is 12.4 Å². The Balaban J connectivity index is 2.16. The molecule has 1 unspecified atom stereocenters. The fraction of sp³-hybridized carbons (Fsp3) is 0.312. The van der Waals surface area contributed by atoms with Gasteiger partial charge in [0.25, 0.3) is 0 Å². The van der Waals surface area contributed by atoms with Crippen molar-refractivity contribution < 1.29 is 14.3 Å². The second kappa shape index (κ2) is 6.78. The summed E-state index contributed by atoms with van der Waals surface area (Å²) in [6, 6.07) is 4.45. The lowest BCUT2D eigenvalue weighted by Crippen LogP contribution is -2.39. The van der Waals surface area contributed by atoms with Crippen molar-refractivity contribution in [3.8, 4) is 0 Å². The van der Waals surface area contributed by atoms with Gasteiger partial charge in [-0.1, -0.05) is 41.0 Å². The monoisotopic (exact) mass is 384 g/mol. The van der Waals surface area contributed by atoms with Crippen LogP contribution in [0.5, 0.6) is 0 Å². The Morgan fingerprint density at radius 1 is 1.42 bits per heavy atom. The minimum Gasteiger partial charge on any atom is -0.463 e. The number of carbonyl (C=O) groups excluding carboxylic acids is 2. The van der Waals surface area contributed by atoms with Crippen LogP contribution in [0.15, 0.2) is 34.5 Å². The maximum atomic E-state index is 12.5. The first-order valence-electron chi connectivity index (χ1n) is 7.30. The van der Waals surface area contributed by atoms with E-state index < -0.39 is 12.0 Å². The van der Waals surface area contributed by atoms with Gasteiger partial charge in [0.1, 0.15) is 0 Å². The summed E-state index contributed by atoms with van der Waals surface area (Å²) in [6.45, 7) is 3.71. The minimum atomic E-state index is -0.617. The zero-order chi connectivity index (χ0) is 17.4. The molecule has 0 aliphatic carbocycles. The van der Waals surface area contributed by atoms with Crippen molar-refractivity contribution in [1.29, 1.82) is 0 Å². The van der Waals surface area contributed by atoms with Gasteiger partial charge in [0, 0.05) is 0 Å². The predicted octanol–water partition coefficient (Wildman–Crippen LogP) is 3.82. The summed E-state index contributed by atoms with van der Waals surface area (Å²) in [6.07, 6.45) is 0. The van der Waals surface area contributed by atoms with Crippen molar-refractivity contribution in [1.82, 2.24) is 4.90 Å². The molecular formula is C16H14Cl2N2O3S. The number of hydrogen-bond acceptors (Lipinski definition) is 5. The molecule has 1 atom stereocenters. The Hall–Kier alpha value is -1.50. The Bertz CT molecular complexity index is 792. The van der Waals surface area contributed by atoms with Crippen LogP contribution < -0.4 is 0 Å². The highest BCUT2D eigenvalue weighted by Crippen LogP contribution is 2.42. The number of ether oxygens (including phenoxy) is 1. The van der Waals surface area contributed by atoms with Crippen LogP contribution in [0.4, 0.5) is 0 Å². The van der Waals surface area contributed by atoms with Crippen molar-refractivity contribution in [3.05, 3.63) is 45.1 Å². The maximum absolute atomic E-state index is 12.5. The first-order chi connectivity index (χ1) is 11.4. The first-order valence-corrected chi connectivity index (χ1v) is 9.04. The molecule has 1 aromatic rings. The largest absolute Gasteiger partial charge is 0.463 e. The van der Waals surface area contributed by atoms with E-state index in [0.29, 0.717) is 37.8 Å². The molecule has 5 nitrogen and oxygen atoms in total. The van der Waals surface area contributed by atoms with Crippen LogP contribution in [0, 0.1) is 0 Å². The van der Waals surface area contributed by atoms with Crippen LogP contribution in [0.2, 0.25) is 10.0 Å². The summed E-state index contributed by atoms with van der Waals surface area (Å²) in [5.41, 5.74) is 1.57. The van der Waals surface area contributed by atoms with E-state index in [1.165, 1.54) is 16.7 Å². The molecule has 2 heterocycles. The third kappa shape index (κ3) is 2.94. The van der Waals surface area contributed by atoms with E-state index in [1.807, 2.05) is 0 Å². The fourth-order valence-electron chi connectivity index (χ4n) is 2.71. The molecule has 1 amide bonds. The number of thioether (sulfide) groups is 1. The van der Waals surface area contributed by atoms with Gasteiger partial charge >= 0.3 is 5.97 Å². The SMILES string of the molecule is CCOC(=O)C1=C(C)N=C2SCC(=O)N2C1c1ccc(Cl)c(Cl)c1. The van der Waals surface area contributed by atoms with E-state index in [0.717, 1.165) is 0 Å². The van der Waals surface area contributed by atoms with Gasteiger partial charge in [-0.15, -0.1) is 0 Å². The second-order valence-electron chi connectivity index (χ2n) is 5.24. The van der Waals surface area contributed by atoms with Gasteiger partial charge in [0.15, 0.2) is 5.17 Å². The highest BCUT2D eigenvalue weighted by atomic mass is 35.5. The maximum Gasteiger partial charge on any atom is 0.338 e. The quantitative estimate of drug-likeness (QED) is 0.743. The fourth-order valence-corrected chi connectivity index (χ4v) is 3.96. The van der Waals surface area contributed by atoms with Gasteiger partial charge in [0.2, 0.25) is 5.91 Å². The molecule has 0 N–H and O–H groups in total. The van der Waals surface area contributed by atoms with Crippen molar-refractivity contribution in [2.24, 2.45) is 4.99 Å². The summed E-state index contributed by atoms with van der Waals surface area (Å²) in [7, 11) is 0. The average Bonchev–Trinajstić information content (AvgIpc) is 2.89. The van der Waals surface area contributed by atoms with Crippen molar-refractivity contribution in [2.45, 2.75) is 19.9 Å². The van der Waals surface area contributed by atoms with Crippen LogP contribution in [0.25, 0.3) is 0 Å². The zero-order valence-electron chi connectivity index (χ0n) is 13.0. The lowest BCUT2D eigenvalue weighted by Gasteiger charge is -2.33. The van der Waals surface area contributed by atoms with Gasteiger partial charge in [-0.05, 0) is 31.5 Å². The molecular weight excluding hydrogens is 371 g/mol. The number of aliphatic imine (C=N–C) groups is 1. The number of amidine groups is 1. The highest BCUT2D eigenvalue weighted by Gasteiger charge is 2.43. The molecule has 0 spiro atoms. The molecule has 2 aliphatic heterocycles. The number of rotatable bonds is 3. The molecule has 0 bridgehead atoms. The second-order valence-corrected chi connectivity index (χ2v) is 7.00. The first kappa shape index (κ1) is 17.3. The van der Waals surface area contributed by atoms with E-state index in [1.54, 1.807) is 32.0 Å². The zero-order valence-corrected chi connectivity index (χ0v) is 15.3. The molecule has 1 saturated heterocycles. The van der Waals surface area contributed by atoms with Crippen molar-refractivity contribution >= 4 is 52.0 Å².